The van der Waals surface area contributed by atoms with Crippen LogP contribution in [0, 0.1) is 5.82 Å². The fourth-order valence-corrected chi connectivity index (χ4v) is 5.38. The van der Waals surface area contributed by atoms with E-state index in [1.807, 2.05) is 0 Å². The summed E-state index contributed by atoms with van der Waals surface area (Å²) in [6, 6.07) is 8.32. The van der Waals surface area contributed by atoms with Gasteiger partial charge in [-0.05, 0) is 30.2 Å². The SMILES string of the molecule is O=C1CCC(N2Cc3c(cc(F)cc3N3CCN(Cc4ccc5cn[nH]c5c4)CC3)C2=O)C(=O)N1. The Morgan fingerprint density at radius 3 is 2.69 bits per heavy atom. The van der Waals surface area contributed by atoms with Crippen LogP contribution in [0.25, 0.3) is 10.9 Å². The van der Waals surface area contributed by atoms with Crippen LogP contribution in [0.3, 0.4) is 0 Å². The number of benzene rings is 2. The van der Waals surface area contributed by atoms with Gasteiger partial charge in [-0.3, -0.25) is 29.7 Å². The standard InChI is InChI=1S/C25H25FN6O3/c26-17-10-18-19(14-32(25(18)35)21-3-4-23(33)28-24(21)34)22(11-17)31-7-5-30(6-8-31)13-15-1-2-16-12-27-29-20(16)9-15/h1-2,9-12,21H,3-8,13-14H2,(H,27,29)(H,28,33,34). The first-order chi connectivity index (χ1) is 17.0. The van der Waals surface area contributed by atoms with Gasteiger partial charge in [0.05, 0.1) is 11.7 Å². The summed E-state index contributed by atoms with van der Waals surface area (Å²) in [6.45, 7) is 4.06. The zero-order valence-corrected chi connectivity index (χ0v) is 19.1. The van der Waals surface area contributed by atoms with Crippen molar-refractivity contribution in [2.75, 3.05) is 31.1 Å². The summed E-state index contributed by atoms with van der Waals surface area (Å²) in [5, 5.41) is 10.5. The highest BCUT2D eigenvalue weighted by Gasteiger charge is 2.41. The van der Waals surface area contributed by atoms with E-state index in [0.717, 1.165) is 36.1 Å². The molecular weight excluding hydrogens is 451 g/mol. The van der Waals surface area contributed by atoms with Crippen LogP contribution in [0.2, 0.25) is 0 Å². The maximum atomic E-state index is 14.6. The molecule has 0 radical (unpaired) electrons. The normalized spacial score (nSPS) is 21.1. The summed E-state index contributed by atoms with van der Waals surface area (Å²) in [4.78, 5) is 42.9. The lowest BCUT2D eigenvalue weighted by atomic mass is 10.0. The number of imide groups is 1. The fourth-order valence-electron chi connectivity index (χ4n) is 5.38. The number of fused-ring (bicyclic) bond motifs is 2. The fraction of sp³-hybridized carbons (Fsp3) is 0.360. The number of nitrogens with one attached hydrogen (secondary N) is 2. The number of aromatic amines is 1. The molecule has 6 rings (SSSR count). The Balaban J connectivity index is 1.17. The third-order valence-corrected chi connectivity index (χ3v) is 7.22. The highest BCUT2D eigenvalue weighted by atomic mass is 19.1. The van der Waals surface area contributed by atoms with Crippen LogP contribution in [-0.4, -0.2) is 69.9 Å². The van der Waals surface area contributed by atoms with E-state index >= 15 is 0 Å². The molecule has 9 nitrogen and oxygen atoms in total. The second kappa shape index (κ2) is 8.46. The number of piperazine rings is 1. The van der Waals surface area contributed by atoms with Gasteiger partial charge >= 0.3 is 0 Å². The van der Waals surface area contributed by atoms with Crippen LogP contribution < -0.4 is 10.2 Å². The minimum Gasteiger partial charge on any atom is -0.369 e. The smallest absolute Gasteiger partial charge is 0.255 e. The molecule has 0 bridgehead atoms. The van der Waals surface area contributed by atoms with Crippen molar-refractivity contribution in [2.24, 2.45) is 0 Å². The Morgan fingerprint density at radius 2 is 1.89 bits per heavy atom. The maximum Gasteiger partial charge on any atom is 0.255 e. The Bertz CT molecular complexity index is 1350. The first-order valence-corrected chi connectivity index (χ1v) is 11.8. The Morgan fingerprint density at radius 1 is 1.06 bits per heavy atom. The lowest BCUT2D eigenvalue weighted by Gasteiger charge is -2.37. The third-order valence-electron chi connectivity index (χ3n) is 7.22. The second-order valence-electron chi connectivity index (χ2n) is 9.41. The van der Waals surface area contributed by atoms with Crippen molar-refractivity contribution < 1.29 is 18.8 Å². The van der Waals surface area contributed by atoms with Crippen molar-refractivity contribution >= 4 is 34.3 Å². The van der Waals surface area contributed by atoms with Gasteiger partial charge in [0, 0.05) is 67.9 Å². The molecular formula is C25H25FN6O3. The van der Waals surface area contributed by atoms with Gasteiger partial charge in [-0.1, -0.05) is 12.1 Å². The summed E-state index contributed by atoms with van der Waals surface area (Å²) >= 11 is 0. The van der Waals surface area contributed by atoms with Gasteiger partial charge in [0.2, 0.25) is 11.8 Å². The highest BCUT2D eigenvalue weighted by molar-refractivity contribution is 6.06. The van der Waals surface area contributed by atoms with Crippen molar-refractivity contribution in [3.63, 3.8) is 0 Å². The molecule has 2 saturated heterocycles. The van der Waals surface area contributed by atoms with E-state index in [1.165, 1.54) is 22.6 Å². The van der Waals surface area contributed by atoms with Crippen LogP contribution in [-0.2, 0) is 22.7 Å². The Kier molecular flexibility index (Phi) is 5.25. The molecule has 1 atom stereocenters. The molecule has 2 fully saturated rings. The first kappa shape index (κ1) is 21.7. The van der Waals surface area contributed by atoms with Gasteiger partial charge in [-0.2, -0.15) is 5.10 Å². The molecule has 2 N–H and O–H groups in total. The van der Waals surface area contributed by atoms with Gasteiger partial charge in [-0.15, -0.1) is 0 Å². The zero-order chi connectivity index (χ0) is 24.1. The van der Waals surface area contributed by atoms with Crippen molar-refractivity contribution in [1.29, 1.82) is 0 Å². The second-order valence-corrected chi connectivity index (χ2v) is 9.41. The van der Waals surface area contributed by atoms with E-state index < -0.39 is 17.8 Å². The average Bonchev–Trinajstić information content (AvgIpc) is 3.44. The van der Waals surface area contributed by atoms with Crippen LogP contribution in [0.1, 0.15) is 34.3 Å². The molecule has 4 heterocycles. The van der Waals surface area contributed by atoms with Crippen LogP contribution in [0.15, 0.2) is 36.5 Å². The molecule has 180 valence electrons. The number of H-pyrrole nitrogens is 1. The van der Waals surface area contributed by atoms with Gasteiger partial charge in [-0.25, -0.2) is 4.39 Å². The van der Waals surface area contributed by atoms with Crippen LogP contribution >= 0.6 is 0 Å². The molecule has 1 aromatic heterocycles. The third kappa shape index (κ3) is 3.93. The van der Waals surface area contributed by atoms with E-state index in [4.69, 9.17) is 0 Å². The minimum atomic E-state index is -0.715. The molecule has 3 aliphatic heterocycles. The van der Waals surface area contributed by atoms with Crippen molar-refractivity contribution in [3.8, 4) is 0 Å². The average molecular weight is 477 g/mol. The number of rotatable bonds is 4. The maximum absolute atomic E-state index is 14.6. The summed E-state index contributed by atoms with van der Waals surface area (Å²) in [5.41, 5.74) is 3.98. The first-order valence-electron chi connectivity index (χ1n) is 11.8. The number of aromatic nitrogens is 2. The summed E-state index contributed by atoms with van der Waals surface area (Å²) in [6.07, 6.45) is 2.28. The number of hydrogen-bond donors (Lipinski definition) is 2. The number of piperidine rings is 1. The quantitative estimate of drug-likeness (QED) is 0.557. The molecule has 1 unspecified atom stereocenters. The van der Waals surface area contributed by atoms with Crippen molar-refractivity contribution in [2.45, 2.75) is 32.0 Å². The van der Waals surface area contributed by atoms with Crippen molar-refractivity contribution in [1.82, 2.24) is 25.3 Å². The molecule has 35 heavy (non-hydrogen) atoms. The highest BCUT2D eigenvalue weighted by Crippen LogP contribution is 2.35. The topological polar surface area (TPSA) is 102 Å². The zero-order valence-electron chi connectivity index (χ0n) is 19.1. The number of amides is 3. The summed E-state index contributed by atoms with van der Waals surface area (Å²) in [7, 11) is 0. The lowest BCUT2D eigenvalue weighted by molar-refractivity contribution is -0.136. The van der Waals surface area contributed by atoms with Crippen molar-refractivity contribution in [3.05, 3.63) is 59.0 Å². The van der Waals surface area contributed by atoms with E-state index in [9.17, 15) is 18.8 Å². The van der Waals surface area contributed by atoms with Crippen LogP contribution in [0.5, 0.6) is 0 Å². The molecule has 0 spiro atoms. The van der Waals surface area contributed by atoms with Gasteiger partial charge < -0.3 is 9.80 Å². The predicted octanol–water partition coefficient (Wildman–Crippen LogP) is 1.79. The largest absolute Gasteiger partial charge is 0.369 e. The monoisotopic (exact) mass is 476 g/mol. The van der Waals surface area contributed by atoms with E-state index in [2.05, 4.69) is 43.5 Å². The number of carbonyl (C=O) groups excluding carboxylic acids is 3. The lowest BCUT2D eigenvalue weighted by Crippen LogP contribution is -2.52. The number of halogens is 1. The van der Waals surface area contributed by atoms with E-state index in [0.29, 0.717) is 24.3 Å². The van der Waals surface area contributed by atoms with Crippen LogP contribution in [0.4, 0.5) is 10.1 Å². The van der Waals surface area contributed by atoms with Gasteiger partial charge in [0.25, 0.3) is 5.91 Å². The summed E-state index contributed by atoms with van der Waals surface area (Å²) < 4.78 is 14.6. The Labute approximate surface area is 200 Å². The number of anilines is 1. The molecule has 3 amide bonds. The van der Waals surface area contributed by atoms with E-state index in [-0.39, 0.29) is 31.2 Å². The molecule has 3 aliphatic rings. The van der Waals surface area contributed by atoms with Gasteiger partial charge in [0.1, 0.15) is 11.9 Å². The number of carbonyl (C=O) groups is 3. The molecule has 0 aliphatic carbocycles. The minimum absolute atomic E-state index is 0.188. The molecule has 0 saturated carbocycles. The number of nitrogens with zero attached hydrogens (tertiary/aromatic N) is 4. The molecule has 3 aromatic rings. The van der Waals surface area contributed by atoms with Gasteiger partial charge in [0.15, 0.2) is 0 Å². The Hall–Kier alpha value is -3.79. The van der Waals surface area contributed by atoms with E-state index in [1.54, 1.807) is 6.20 Å². The predicted molar refractivity (Wildman–Crippen MR) is 126 cm³/mol. The molecule has 10 heteroatoms. The molecule has 2 aromatic carbocycles. The summed E-state index contributed by atoms with van der Waals surface area (Å²) in [5.74, 6) is -1.62. The number of hydrogen-bond acceptors (Lipinski definition) is 6.